The number of rotatable bonds is 12. The van der Waals surface area contributed by atoms with E-state index in [9.17, 15) is 4.79 Å². The molecular formula is C12H26N2O4. The quantitative estimate of drug-likeness (QED) is 0.480. The molecule has 0 saturated heterocycles. The van der Waals surface area contributed by atoms with Crippen molar-refractivity contribution in [2.75, 3.05) is 46.7 Å². The molecule has 0 saturated carbocycles. The molecule has 0 fully saturated rings. The molecule has 0 aromatic heterocycles. The molecule has 6 heteroatoms. The van der Waals surface area contributed by atoms with Gasteiger partial charge in [0.2, 0.25) is 5.91 Å². The average Bonchev–Trinajstić information content (AvgIpc) is 2.25. The maximum atomic E-state index is 10.8. The Hall–Kier alpha value is -0.690. The van der Waals surface area contributed by atoms with Gasteiger partial charge in [0.25, 0.3) is 0 Å². The van der Waals surface area contributed by atoms with E-state index in [2.05, 4.69) is 5.32 Å². The van der Waals surface area contributed by atoms with Crippen LogP contribution in [0.1, 0.15) is 20.3 Å². The van der Waals surface area contributed by atoms with E-state index in [1.807, 2.05) is 13.8 Å². The molecule has 6 nitrogen and oxygen atoms in total. The minimum absolute atomic E-state index is 0.288. The van der Waals surface area contributed by atoms with Crippen molar-refractivity contribution in [3.05, 3.63) is 0 Å². The smallest absolute Gasteiger partial charge is 0.219 e. The van der Waals surface area contributed by atoms with Crippen molar-refractivity contribution in [1.29, 1.82) is 0 Å². The van der Waals surface area contributed by atoms with Crippen LogP contribution in [-0.4, -0.2) is 58.1 Å². The van der Waals surface area contributed by atoms with Crippen LogP contribution < -0.4 is 11.1 Å². The maximum Gasteiger partial charge on any atom is 0.219 e. The Morgan fingerprint density at radius 1 is 1.11 bits per heavy atom. The first-order valence-electron chi connectivity index (χ1n) is 6.16. The van der Waals surface area contributed by atoms with Gasteiger partial charge in [0.05, 0.1) is 33.0 Å². The number of nitrogens with two attached hydrogens (primary N) is 1. The number of nitrogens with one attached hydrogen (secondary N) is 1. The second-order valence-electron chi connectivity index (χ2n) is 4.67. The lowest BCUT2D eigenvalue weighted by molar-refractivity contribution is -0.119. The molecule has 0 unspecified atom stereocenters. The van der Waals surface area contributed by atoms with Gasteiger partial charge < -0.3 is 25.3 Å². The molecule has 18 heavy (non-hydrogen) atoms. The van der Waals surface area contributed by atoms with E-state index in [-0.39, 0.29) is 11.4 Å². The highest BCUT2D eigenvalue weighted by Gasteiger charge is 2.18. The fourth-order valence-electron chi connectivity index (χ4n) is 1.42. The fourth-order valence-corrected chi connectivity index (χ4v) is 1.42. The van der Waals surface area contributed by atoms with Crippen LogP contribution in [0.25, 0.3) is 0 Å². The molecule has 0 aliphatic heterocycles. The Morgan fingerprint density at radius 2 is 1.67 bits per heavy atom. The molecular weight excluding hydrogens is 236 g/mol. The van der Waals surface area contributed by atoms with Gasteiger partial charge in [-0.05, 0) is 13.8 Å². The zero-order valence-corrected chi connectivity index (χ0v) is 11.7. The summed E-state index contributed by atoms with van der Waals surface area (Å²) in [5.41, 5.74) is 4.86. The van der Waals surface area contributed by atoms with E-state index in [0.717, 1.165) is 0 Å². The van der Waals surface area contributed by atoms with Gasteiger partial charge in [0.1, 0.15) is 0 Å². The van der Waals surface area contributed by atoms with Crippen LogP contribution >= 0.6 is 0 Å². The van der Waals surface area contributed by atoms with Gasteiger partial charge in [-0.3, -0.25) is 4.79 Å². The second-order valence-corrected chi connectivity index (χ2v) is 4.67. The summed E-state index contributed by atoms with van der Waals surface area (Å²) in [4.78, 5) is 10.8. The molecule has 108 valence electrons. The molecule has 0 aromatic rings. The number of methoxy groups -OCH3 is 1. The lowest BCUT2D eigenvalue weighted by Crippen LogP contribution is -2.44. The highest BCUT2D eigenvalue weighted by Crippen LogP contribution is 2.06. The number of carbonyl (C=O) groups is 1. The molecule has 0 bridgehead atoms. The monoisotopic (exact) mass is 262 g/mol. The summed E-state index contributed by atoms with van der Waals surface area (Å²) in [5.74, 6) is -0.306. The van der Waals surface area contributed by atoms with Crippen molar-refractivity contribution in [2.45, 2.75) is 25.8 Å². The highest BCUT2D eigenvalue weighted by molar-refractivity contribution is 5.74. The van der Waals surface area contributed by atoms with E-state index in [1.165, 1.54) is 0 Å². The minimum Gasteiger partial charge on any atom is -0.382 e. The largest absolute Gasteiger partial charge is 0.382 e. The topological polar surface area (TPSA) is 82.8 Å². The lowest BCUT2D eigenvalue weighted by atomic mass is 10.0. The summed E-state index contributed by atoms with van der Waals surface area (Å²) in [6, 6.07) is 0. The molecule has 1 amide bonds. The van der Waals surface area contributed by atoms with Gasteiger partial charge in [0, 0.05) is 25.6 Å². The summed E-state index contributed by atoms with van der Waals surface area (Å²) in [5, 5.41) is 3.21. The third-order valence-electron chi connectivity index (χ3n) is 2.27. The van der Waals surface area contributed by atoms with Crippen molar-refractivity contribution < 1.29 is 19.0 Å². The van der Waals surface area contributed by atoms with E-state index in [0.29, 0.717) is 46.0 Å². The van der Waals surface area contributed by atoms with Gasteiger partial charge in [0.15, 0.2) is 0 Å². The molecule has 0 radical (unpaired) electrons. The Bertz CT molecular complexity index is 222. The fraction of sp³-hybridized carbons (Fsp3) is 0.917. The Kier molecular flexibility index (Phi) is 9.86. The Morgan fingerprint density at radius 3 is 2.22 bits per heavy atom. The predicted molar refractivity (Wildman–Crippen MR) is 69.4 cm³/mol. The first kappa shape index (κ1) is 17.3. The van der Waals surface area contributed by atoms with E-state index in [1.54, 1.807) is 7.11 Å². The maximum absolute atomic E-state index is 10.8. The highest BCUT2D eigenvalue weighted by atomic mass is 16.5. The molecule has 0 aliphatic carbocycles. The lowest BCUT2D eigenvalue weighted by Gasteiger charge is -2.24. The van der Waals surface area contributed by atoms with Crippen molar-refractivity contribution >= 4 is 5.91 Å². The summed E-state index contributed by atoms with van der Waals surface area (Å²) < 4.78 is 15.5. The zero-order valence-electron chi connectivity index (χ0n) is 11.7. The van der Waals surface area contributed by atoms with Crippen LogP contribution in [0.2, 0.25) is 0 Å². The van der Waals surface area contributed by atoms with Crippen LogP contribution in [0.3, 0.4) is 0 Å². The van der Waals surface area contributed by atoms with Crippen molar-refractivity contribution in [1.82, 2.24) is 5.32 Å². The second kappa shape index (κ2) is 10.3. The molecule has 0 rings (SSSR count). The van der Waals surface area contributed by atoms with Gasteiger partial charge in [-0.1, -0.05) is 0 Å². The summed E-state index contributed by atoms with van der Waals surface area (Å²) >= 11 is 0. The number of amides is 1. The van der Waals surface area contributed by atoms with Gasteiger partial charge in [-0.2, -0.15) is 0 Å². The molecule has 0 aliphatic rings. The number of hydrogen-bond acceptors (Lipinski definition) is 5. The molecule has 3 N–H and O–H groups in total. The van der Waals surface area contributed by atoms with Crippen LogP contribution in [0.15, 0.2) is 0 Å². The summed E-state index contributed by atoms with van der Waals surface area (Å²) in [7, 11) is 1.64. The van der Waals surface area contributed by atoms with Crippen LogP contribution in [0.4, 0.5) is 0 Å². The number of carbonyl (C=O) groups excluding carboxylic acids is 1. The van der Waals surface area contributed by atoms with Crippen molar-refractivity contribution in [2.24, 2.45) is 5.73 Å². The third-order valence-corrected chi connectivity index (χ3v) is 2.27. The van der Waals surface area contributed by atoms with E-state index < -0.39 is 0 Å². The minimum atomic E-state index is -0.306. The predicted octanol–water partition coefficient (Wildman–Crippen LogP) is -0.0904. The SMILES string of the molecule is COCCOCCOCCNC(C)(C)CC(N)=O. The van der Waals surface area contributed by atoms with E-state index >= 15 is 0 Å². The van der Waals surface area contributed by atoms with Gasteiger partial charge in [-0.15, -0.1) is 0 Å². The standard InChI is InChI=1S/C12H26N2O4/c1-12(2,10-11(13)15)14-4-5-17-8-9-18-7-6-16-3/h14H,4-10H2,1-3H3,(H2,13,15). The number of primary amides is 1. The van der Waals surface area contributed by atoms with Crippen molar-refractivity contribution in [3.8, 4) is 0 Å². The van der Waals surface area contributed by atoms with Gasteiger partial charge >= 0.3 is 0 Å². The van der Waals surface area contributed by atoms with Crippen molar-refractivity contribution in [3.63, 3.8) is 0 Å². The Balaban J connectivity index is 3.31. The van der Waals surface area contributed by atoms with Crippen LogP contribution in [0, 0.1) is 0 Å². The molecule has 0 aromatic carbocycles. The number of hydrogen-bond donors (Lipinski definition) is 2. The third kappa shape index (κ3) is 11.8. The summed E-state index contributed by atoms with van der Waals surface area (Å²) in [6.07, 6.45) is 0.313. The first-order chi connectivity index (χ1) is 8.48. The first-order valence-corrected chi connectivity index (χ1v) is 6.16. The van der Waals surface area contributed by atoms with Gasteiger partial charge in [-0.25, -0.2) is 0 Å². The van der Waals surface area contributed by atoms with Crippen LogP contribution in [-0.2, 0) is 19.0 Å². The molecule has 0 heterocycles. The zero-order chi connectivity index (χ0) is 13.9. The summed E-state index contributed by atoms with van der Waals surface area (Å²) in [6.45, 7) is 7.44. The Labute approximate surface area is 109 Å². The average molecular weight is 262 g/mol. The normalized spacial score (nSPS) is 11.7. The molecule has 0 spiro atoms. The number of ether oxygens (including phenoxy) is 3. The van der Waals surface area contributed by atoms with Crippen LogP contribution in [0.5, 0.6) is 0 Å². The van der Waals surface area contributed by atoms with E-state index in [4.69, 9.17) is 19.9 Å². The molecule has 0 atom stereocenters.